The number of amides is 1. The van der Waals surface area contributed by atoms with Gasteiger partial charge in [-0.1, -0.05) is 0 Å². The van der Waals surface area contributed by atoms with Gasteiger partial charge in [0.25, 0.3) is 0 Å². The Bertz CT molecular complexity index is 1030. The molecule has 2 atom stereocenters. The summed E-state index contributed by atoms with van der Waals surface area (Å²) in [5, 5.41) is 0. The first-order valence-corrected chi connectivity index (χ1v) is 9.94. The molecule has 0 saturated carbocycles. The van der Waals surface area contributed by atoms with Crippen LogP contribution in [-0.2, 0) is 36.0 Å². The highest BCUT2D eigenvalue weighted by Crippen LogP contribution is 2.36. The molecule has 0 aliphatic carbocycles. The summed E-state index contributed by atoms with van der Waals surface area (Å²) in [5.74, 6) is -3.63. The Kier molecular flexibility index (Phi) is 5.29. The van der Waals surface area contributed by atoms with Crippen LogP contribution in [-0.4, -0.2) is 46.2 Å². The Balaban J connectivity index is 1.62. The Morgan fingerprint density at radius 2 is 2.03 bits per heavy atom. The van der Waals surface area contributed by atoms with Gasteiger partial charge in [-0.3, -0.25) is 4.79 Å². The van der Waals surface area contributed by atoms with Crippen LogP contribution in [0, 0.1) is 22.2 Å². The van der Waals surface area contributed by atoms with Crippen molar-refractivity contribution >= 4 is 18.1 Å². The van der Waals surface area contributed by atoms with Gasteiger partial charge in [-0.25, -0.2) is 13.2 Å². The van der Waals surface area contributed by atoms with Gasteiger partial charge >= 0.3 is 0 Å². The minimum absolute atomic E-state index is 0.0506. The van der Waals surface area contributed by atoms with Crippen LogP contribution < -0.4 is 0 Å². The number of rotatable bonds is 4. The standard InChI is InChI=1S/C20H22F3N3O2S/c1-24(12-5-6-28-10-12)17(27)8-15-16-7-11(9-26(16)20(29)25(15)2)18-13(21)3-4-14(22)19(18)23/h3-4,11-12H,5-10H2,1-2H3/t11-,12?/m0/s1. The van der Waals surface area contributed by atoms with Gasteiger partial charge in [0, 0.05) is 50.1 Å². The average Bonchev–Trinajstić information content (AvgIpc) is 3.41. The fraction of sp³-hybridized carbons (Fsp3) is 0.500. The predicted molar refractivity (Wildman–Crippen MR) is 103 cm³/mol. The molecule has 156 valence electrons. The predicted octanol–water partition coefficient (Wildman–Crippen LogP) is 3.10. The summed E-state index contributed by atoms with van der Waals surface area (Å²) in [6.07, 6.45) is 1.23. The molecule has 1 amide bonds. The van der Waals surface area contributed by atoms with Gasteiger partial charge in [0.15, 0.2) is 16.4 Å². The maximum Gasteiger partial charge on any atom is 0.228 e. The Labute approximate surface area is 171 Å². The third-order valence-corrected chi connectivity index (χ3v) is 6.57. The van der Waals surface area contributed by atoms with Gasteiger partial charge in [-0.2, -0.15) is 0 Å². The first-order chi connectivity index (χ1) is 13.8. The van der Waals surface area contributed by atoms with Crippen LogP contribution in [0.25, 0.3) is 0 Å². The first kappa shape index (κ1) is 20.2. The lowest BCUT2D eigenvalue weighted by Gasteiger charge is -2.23. The third kappa shape index (κ3) is 3.40. The molecule has 0 N–H and O–H groups in total. The molecular weight excluding hydrogens is 403 g/mol. The van der Waals surface area contributed by atoms with E-state index in [2.05, 4.69) is 0 Å². The van der Waals surface area contributed by atoms with E-state index in [0.717, 1.165) is 29.9 Å². The van der Waals surface area contributed by atoms with E-state index in [9.17, 15) is 18.0 Å². The summed E-state index contributed by atoms with van der Waals surface area (Å²) in [6, 6.07) is 1.78. The normalized spacial score (nSPS) is 20.9. The Morgan fingerprint density at radius 3 is 2.72 bits per heavy atom. The van der Waals surface area contributed by atoms with Crippen molar-refractivity contribution in [3.63, 3.8) is 0 Å². The number of ether oxygens (including phenoxy) is 1. The number of imidazole rings is 1. The van der Waals surface area contributed by atoms with Crippen molar-refractivity contribution in [2.24, 2.45) is 7.05 Å². The lowest BCUT2D eigenvalue weighted by Crippen LogP contribution is -2.38. The van der Waals surface area contributed by atoms with E-state index >= 15 is 0 Å². The summed E-state index contributed by atoms with van der Waals surface area (Å²) in [6.45, 7) is 1.41. The zero-order chi connectivity index (χ0) is 20.9. The highest BCUT2D eigenvalue weighted by atomic mass is 32.1. The minimum atomic E-state index is -1.16. The first-order valence-electron chi connectivity index (χ1n) is 9.53. The smallest absolute Gasteiger partial charge is 0.228 e. The van der Waals surface area contributed by atoms with E-state index in [0.29, 0.717) is 24.4 Å². The second-order valence-corrected chi connectivity index (χ2v) is 8.07. The van der Waals surface area contributed by atoms with E-state index in [1.807, 2.05) is 0 Å². The maximum absolute atomic E-state index is 14.3. The van der Waals surface area contributed by atoms with Crippen LogP contribution >= 0.6 is 12.2 Å². The topological polar surface area (TPSA) is 39.4 Å². The Morgan fingerprint density at radius 1 is 1.31 bits per heavy atom. The van der Waals surface area contributed by atoms with Crippen molar-refractivity contribution in [3.05, 3.63) is 51.3 Å². The van der Waals surface area contributed by atoms with Crippen molar-refractivity contribution < 1.29 is 22.7 Å². The molecule has 4 rings (SSSR count). The number of halogens is 3. The lowest BCUT2D eigenvalue weighted by molar-refractivity contribution is -0.131. The molecule has 2 aliphatic rings. The van der Waals surface area contributed by atoms with E-state index < -0.39 is 23.4 Å². The van der Waals surface area contributed by atoms with Crippen molar-refractivity contribution in [1.29, 1.82) is 0 Å². The van der Waals surface area contributed by atoms with Gasteiger partial charge in [-0.05, 0) is 37.2 Å². The number of hydrogen-bond acceptors (Lipinski definition) is 3. The van der Waals surface area contributed by atoms with Crippen LogP contribution in [0.3, 0.4) is 0 Å². The van der Waals surface area contributed by atoms with Gasteiger partial charge < -0.3 is 18.8 Å². The van der Waals surface area contributed by atoms with E-state index in [1.165, 1.54) is 0 Å². The molecule has 1 aromatic heterocycles. The van der Waals surface area contributed by atoms with Crippen LogP contribution in [0.4, 0.5) is 13.2 Å². The highest BCUT2D eigenvalue weighted by molar-refractivity contribution is 7.71. The zero-order valence-electron chi connectivity index (χ0n) is 16.3. The molecule has 5 nitrogen and oxygen atoms in total. The largest absolute Gasteiger partial charge is 0.379 e. The fourth-order valence-electron chi connectivity index (χ4n) is 4.33. The molecular formula is C20H22F3N3O2S. The van der Waals surface area contributed by atoms with Crippen LogP contribution in [0.1, 0.15) is 29.3 Å². The van der Waals surface area contributed by atoms with Crippen molar-refractivity contribution in [2.75, 3.05) is 20.3 Å². The minimum Gasteiger partial charge on any atom is -0.379 e. The van der Waals surface area contributed by atoms with E-state index in [4.69, 9.17) is 17.0 Å². The number of fused-ring (bicyclic) bond motifs is 1. The molecule has 1 aromatic carbocycles. The van der Waals surface area contributed by atoms with Gasteiger partial charge in [0.2, 0.25) is 5.91 Å². The summed E-state index contributed by atoms with van der Waals surface area (Å²) < 4.78 is 51.6. The third-order valence-electron chi connectivity index (χ3n) is 6.08. The SMILES string of the molecule is CN(C(=O)Cc1c2n(c(=S)n1C)C[C@@H](c1c(F)ccc(F)c1F)C2)C1CCOC1. The van der Waals surface area contributed by atoms with E-state index in [1.54, 1.807) is 28.1 Å². The average molecular weight is 425 g/mol. The second-order valence-electron chi connectivity index (χ2n) is 7.70. The number of aromatic nitrogens is 2. The molecule has 1 fully saturated rings. The molecule has 2 aliphatic heterocycles. The summed E-state index contributed by atoms with van der Waals surface area (Å²) in [7, 11) is 3.54. The molecule has 2 aromatic rings. The van der Waals surface area contributed by atoms with Crippen LogP contribution in [0.2, 0.25) is 0 Å². The maximum atomic E-state index is 14.3. The van der Waals surface area contributed by atoms with Gasteiger partial charge in [0.05, 0.1) is 19.1 Å². The highest BCUT2D eigenvalue weighted by Gasteiger charge is 2.34. The molecule has 0 bridgehead atoms. The quantitative estimate of drug-likeness (QED) is 0.558. The lowest BCUT2D eigenvalue weighted by atomic mass is 9.95. The van der Waals surface area contributed by atoms with Crippen molar-refractivity contribution in [3.8, 4) is 0 Å². The number of likely N-dealkylation sites (N-methyl/N-ethyl adjacent to an activating group) is 1. The second kappa shape index (κ2) is 7.60. The summed E-state index contributed by atoms with van der Waals surface area (Å²) >= 11 is 5.48. The van der Waals surface area contributed by atoms with Crippen molar-refractivity contribution in [2.45, 2.75) is 37.8 Å². The molecule has 1 unspecified atom stereocenters. The summed E-state index contributed by atoms with van der Waals surface area (Å²) in [4.78, 5) is 14.5. The van der Waals surface area contributed by atoms with Crippen LogP contribution in [0.5, 0.6) is 0 Å². The van der Waals surface area contributed by atoms with Crippen LogP contribution in [0.15, 0.2) is 12.1 Å². The molecule has 0 radical (unpaired) electrons. The number of nitrogens with zero attached hydrogens (tertiary/aromatic N) is 3. The zero-order valence-corrected chi connectivity index (χ0v) is 17.1. The van der Waals surface area contributed by atoms with Gasteiger partial charge in [0.1, 0.15) is 5.82 Å². The van der Waals surface area contributed by atoms with Crippen molar-refractivity contribution in [1.82, 2.24) is 14.0 Å². The number of benzene rings is 1. The fourth-order valence-corrected chi connectivity index (χ4v) is 4.62. The molecule has 9 heteroatoms. The summed E-state index contributed by atoms with van der Waals surface area (Å²) in [5.41, 5.74) is 1.24. The molecule has 0 spiro atoms. The molecule has 29 heavy (non-hydrogen) atoms. The molecule has 1 saturated heterocycles. The van der Waals surface area contributed by atoms with Gasteiger partial charge in [-0.15, -0.1) is 0 Å². The number of carbonyl (C=O) groups is 1. The number of carbonyl (C=O) groups excluding carboxylic acids is 1. The van der Waals surface area contributed by atoms with E-state index in [-0.39, 0.29) is 30.5 Å². The number of hydrogen-bond donors (Lipinski definition) is 0. The molecule has 3 heterocycles. The Hall–Kier alpha value is -2.13. The monoisotopic (exact) mass is 425 g/mol.